The van der Waals surface area contributed by atoms with Gasteiger partial charge >= 0.3 is 0 Å². The van der Waals surface area contributed by atoms with Crippen molar-refractivity contribution in [1.82, 2.24) is 15.3 Å². The van der Waals surface area contributed by atoms with Crippen LogP contribution in [0.15, 0.2) is 42.5 Å². The van der Waals surface area contributed by atoms with Gasteiger partial charge in [-0.1, -0.05) is 12.1 Å². The van der Waals surface area contributed by atoms with Crippen molar-refractivity contribution in [1.29, 1.82) is 0 Å². The van der Waals surface area contributed by atoms with Crippen LogP contribution in [0.4, 0.5) is 20.5 Å². The zero-order valence-corrected chi connectivity index (χ0v) is 18.0. The number of aromatic nitrogens is 2. The Morgan fingerprint density at radius 3 is 2.55 bits per heavy atom. The van der Waals surface area contributed by atoms with Gasteiger partial charge in [0, 0.05) is 37.6 Å². The molecule has 0 bridgehead atoms. The van der Waals surface area contributed by atoms with Gasteiger partial charge in [0.25, 0.3) is 0 Å². The lowest BCUT2D eigenvalue weighted by Crippen LogP contribution is -2.31. The molecule has 164 valence electrons. The number of hydrogen-bond donors (Lipinski definition) is 2. The molecule has 0 spiro atoms. The Hall–Kier alpha value is -2.80. The minimum Gasteiger partial charge on any atom is -0.362 e. The monoisotopic (exact) mass is 425 g/mol. The minimum atomic E-state index is -0.405. The lowest BCUT2D eigenvalue weighted by atomic mass is 9.86. The highest BCUT2D eigenvalue weighted by Crippen LogP contribution is 2.28. The predicted octanol–water partition coefficient (Wildman–Crippen LogP) is 4.73. The Morgan fingerprint density at radius 1 is 1.00 bits per heavy atom. The van der Waals surface area contributed by atoms with Crippen LogP contribution in [0.2, 0.25) is 0 Å². The summed E-state index contributed by atoms with van der Waals surface area (Å²) >= 11 is 0. The lowest BCUT2D eigenvalue weighted by molar-refractivity contribution is 0.323. The first-order chi connectivity index (χ1) is 15.0. The topological polar surface area (TPSA) is 53.1 Å². The van der Waals surface area contributed by atoms with Crippen LogP contribution in [-0.4, -0.2) is 36.6 Å². The summed E-state index contributed by atoms with van der Waals surface area (Å²) in [5.74, 6) is 1.35. The molecule has 4 rings (SSSR count). The van der Waals surface area contributed by atoms with Gasteiger partial charge in [0.1, 0.15) is 17.5 Å². The Morgan fingerprint density at radius 2 is 1.77 bits per heavy atom. The SMILES string of the molecule is CN(C)c1nc(NC2CCC(CNCc3cc(F)ccc3F)CC2)nc2ccccc12. The number of hydrogen-bond acceptors (Lipinski definition) is 5. The van der Waals surface area contributed by atoms with Crippen molar-refractivity contribution in [2.45, 2.75) is 38.3 Å². The van der Waals surface area contributed by atoms with E-state index in [2.05, 4.69) is 10.6 Å². The highest BCUT2D eigenvalue weighted by Gasteiger charge is 2.22. The molecular formula is C24H29F2N5. The number of fused-ring (bicyclic) bond motifs is 1. The number of nitrogens with one attached hydrogen (secondary N) is 2. The summed E-state index contributed by atoms with van der Waals surface area (Å²) in [4.78, 5) is 11.5. The fraction of sp³-hybridized carbons (Fsp3) is 0.417. The van der Waals surface area contributed by atoms with Crippen LogP contribution < -0.4 is 15.5 Å². The van der Waals surface area contributed by atoms with Crippen LogP contribution in [0, 0.1) is 17.6 Å². The molecular weight excluding hydrogens is 396 g/mol. The first kappa shape index (κ1) is 21.4. The van der Waals surface area contributed by atoms with Crippen molar-refractivity contribution < 1.29 is 8.78 Å². The molecule has 0 saturated heterocycles. The molecule has 5 nitrogen and oxygen atoms in total. The van der Waals surface area contributed by atoms with Gasteiger partial charge in [-0.3, -0.25) is 0 Å². The highest BCUT2D eigenvalue weighted by atomic mass is 19.1. The average molecular weight is 426 g/mol. The predicted molar refractivity (Wildman–Crippen MR) is 121 cm³/mol. The van der Waals surface area contributed by atoms with E-state index in [1.165, 1.54) is 12.1 Å². The fourth-order valence-electron chi connectivity index (χ4n) is 4.25. The molecule has 3 aromatic rings. The molecule has 1 aliphatic carbocycles. The summed E-state index contributed by atoms with van der Waals surface area (Å²) in [5, 5.41) is 7.85. The van der Waals surface area contributed by atoms with E-state index in [0.717, 1.165) is 55.0 Å². The molecule has 1 aromatic heterocycles. The first-order valence-electron chi connectivity index (χ1n) is 10.8. The van der Waals surface area contributed by atoms with Crippen molar-refractivity contribution in [3.8, 4) is 0 Å². The van der Waals surface area contributed by atoms with Gasteiger partial charge < -0.3 is 15.5 Å². The van der Waals surface area contributed by atoms with Crippen molar-refractivity contribution in [3.63, 3.8) is 0 Å². The number of rotatable bonds is 7. The molecule has 1 saturated carbocycles. The van der Waals surface area contributed by atoms with Crippen LogP contribution in [0.25, 0.3) is 10.9 Å². The number of anilines is 2. The van der Waals surface area contributed by atoms with Crippen molar-refractivity contribution in [2.24, 2.45) is 5.92 Å². The Bertz CT molecular complexity index is 1030. The van der Waals surface area contributed by atoms with Gasteiger partial charge in [0.15, 0.2) is 0 Å². The van der Waals surface area contributed by atoms with Crippen LogP contribution >= 0.6 is 0 Å². The van der Waals surface area contributed by atoms with E-state index < -0.39 is 5.82 Å². The quantitative estimate of drug-likeness (QED) is 0.573. The van der Waals surface area contributed by atoms with Gasteiger partial charge in [-0.15, -0.1) is 0 Å². The smallest absolute Gasteiger partial charge is 0.225 e. The van der Waals surface area contributed by atoms with Gasteiger partial charge in [0.05, 0.1) is 5.52 Å². The third kappa shape index (κ3) is 5.28. The first-order valence-corrected chi connectivity index (χ1v) is 10.8. The largest absolute Gasteiger partial charge is 0.362 e. The number of benzene rings is 2. The van der Waals surface area contributed by atoms with Crippen molar-refractivity contribution in [2.75, 3.05) is 30.9 Å². The highest BCUT2D eigenvalue weighted by molar-refractivity contribution is 5.90. The second-order valence-corrected chi connectivity index (χ2v) is 8.51. The van der Waals surface area contributed by atoms with E-state index in [1.807, 2.05) is 43.3 Å². The van der Waals surface area contributed by atoms with E-state index in [-0.39, 0.29) is 5.82 Å². The number of halogens is 2. The average Bonchev–Trinajstić information content (AvgIpc) is 2.76. The van der Waals surface area contributed by atoms with Crippen LogP contribution in [0.1, 0.15) is 31.2 Å². The van der Waals surface area contributed by atoms with Crippen molar-refractivity contribution in [3.05, 3.63) is 59.7 Å². The maximum absolute atomic E-state index is 13.7. The number of para-hydroxylation sites is 1. The molecule has 2 aromatic carbocycles. The maximum atomic E-state index is 13.7. The zero-order chi connectivity index (χ0) is 21.8. The second kappa shape index (κ2) is 9.56. The summed E-state index contributed by atoms with van der Waals surface area (Å²) < 4.78 is 27.0. The maximum Gasteiger partial charge on any atom is 0.225 e. The number of nitrogens with zero attached hydrogens (tertiary/aromatic N) is 3. The molecule has 0 amide bonds. The van der Waals surface area contributed by atoms with Crippen LogP contribution in [0.5, 0.6) is 0 Å². The van der Waals surface area contributed by atoms with E-state index >= 15 is 0 Å². The van der Waals surface area contributed by atoms with Gasteiger partial charge in [0.2, 0.25) is 5.95 Å². The van der Waals surface area contributed by atoms with Crippen LogP contribution in [-0.2, 0) is 6.54 Å². The lowest BCUT2D eigenvalue weighted by Gasteiger charge is -2.29. The third-order valence-electron chi connectivity index (χ3n) is 5.94. The molecule has 7 heteroatoms. The normalized spacial score (nSPS) is 18.8. The molecule has 2 N–H and O–H groups in total. The molecule has 1 aliphatic rings. The summed E-state index contributed by atoms with van der Waals surface area (Å²) in [6, 6.07) is 12.0. The molecule has 1 heterocycles. The summed E-state index contributed by atoms with van der Waals surface area (Å²) in [6.45, 7) is 1.15. The minimum absolute atomic E-state index is 0.341. The van der Waals surface area contributed by atoms with E-state index in [1.54, 1.807) is 0 Å². The zero-order valence-electron chi connectivity index (χ0n) is 18.0. The standard InChI is InChI=1S/C24H29F2N5/c1-31(2)23-20-5-3-4-6-22(20)29-24(30-23)28-19-10-7-16(8-11-19)14-27-15-17-13-18(25)9-12-21(17)26/h3-6,9,12-13,16,19,27H,7-8,10-11,14-15H2,1-2H3,(H,28,29,30). The summed E-state index contributed by atoms with van der Waals surface area (Å²) in [7, 11) is 3.99. The van der Waals surface area contributed by atoms with Gasteiger partial charge in [-0.25, -0.2) is 13.8 Å². The fourth-order valence-corrected chi connectivity index (χ4v) is 4.25. The molecule has 0 aliphatic heterocycles. The summed E-state index contributed by atoms with van der Waals surface area (Å²) in [6.07, 6.45) is 4.22. The summed E-state index contributed by atoms with van der Waals surface area (Å²) in [5.41, 5.74) is 1.31. The third-order valence-corrected chi connectivity index (χ3v) is 5.94. The van der Waals surface area contributed by atoms with E-state index in [4.69, 9.17) is 9.97 Å². The second-order valence-electron chi connectivity index (χ2n) is 8.51. The van der Waals surface area contributed by atoms with Gasteiger partial charge in [-0.2, -0.15) is 4.98 Å². The Labute approximate surface area is 181 Å². The van der Waals surface area contributed by atoms with Crippen molar-refractivity contribution >= 4 is 22.7 Å². The Balaban J connectivity index is 1.30. The van der Waals surface area contributed by atoms with Crippen LogP contribution in [0.3, 0.4) is 0 Å². The molecule has 31 heavy (non-hydrogen) atoms. The molecule has 0 unspecified atom stereocenters. The molecule has 1 fully saturated rings. The molecule has 0 radical (unpaired) electrons. The van der Waals surface area contributed by atoms with E-state index in [9.17, 15) is 8.78 Å². The Kier molecular flexibility index (Phi) is 6.61. The molecule has 0 atom stereocenters. The van der Waals surface area contributed by atoms with E-state index in [0.29, 0.717) is 30.0 Å². The van der Waals surface area contributed by atoms with Gasteiger partial charge in [-0.05, 0) is 68.5 Å².